The summed E-state index contributed by atoms with van der Waals surface area (Å²) in [7, 11) is 1.75. The molecule has 6 nitrogen and oxygen atoms in total. The van der Waals surface area contributed by atoms with Gasteiger partial charge < -0.3 is 15.0 Å². The van der Waals surface area contributed by atoms with Crippen LogP contribution in [0.2, 0.25) is 5.15 Å². The number of carbonyl (C=O) groups excluding carboxylic acids is 1. The van der Waals surface area contributed by atoms with E-state index < -0.39 is 6.10 Å². The lowest BCUT2D eigenvalue weighted by Gasteiger charge is -2.19. The largest absolute Gasteiger partial charge is 0.388 e. The number of aromatic amines is 1. The first kappa shape index (κ1) is 23.2. The summed E-state index contributed by atoms with van der Waals surface area (Å²) in [6.45, 7) is 0.423. The van der Waals surface area contributed by atoms with Crippen molar-refractivity contribution in [3.8, 4) is 0 Å². The Labute approximate surface area is 198 Å². The van der Waals surface area contributed by atoms with Gasteiger partial charge in [-0.2, -0.15) is 0 Å². The van der Waals surface area contributed by atoms with Crippen molar-refractivity contribution in [2.24, 2.45) is 11.8 Å². The molecular weight excluding hydrogens is 438 g/mol. The number of nitrogens with zero attached hydrogens (tertiary/aromatic N) is 2. The third-order valence-corrected chi connectivity index (χ3v) is 6.68. The fraction of sp³-hybridized carbons (Fsp3) is 0.346. The molecule has 0 spiro atoms. The highest BCUT2D eigenvalue weighted by atomic mass is 35.5. The second-order valence-corrected chi connectivity index (χ2v) is 9.31. The van der Waals surface area contributed by atoms with Gasteiger partial charge in [-0.05, 0) is 72.4 Å². The molecule has 0 aliphatic heterocycles. The van der Waals surface area contributed by atoms with Crippen molar-refractivity contribution < 1.29 is 9.90 Å². The minimum absolute atomic E-state index is 0.0617. The Morgan fingerprint density at radius 2 is 1.91 bits per heavy atom. The Kier molecular flexibility index (Phi) is 7.26. The number of halogens is 1. The van der Waals surface area contributed by atoms with Gasteiger partial charge in [0.2, 0.25) is 5.56 Å². The first-order valence-electron chi connectivity index (χ1n) is 11.2. The third kappa shape index (κ3) is 5.89. The predicted molar refractivity (Wildman–Crippen MR) is 128 cm³/mol. The molecule has 4 rings (SSSR count). The van der Waals surface area contributed by atoms with Gasteiger partial charge in [0.1, 0.15) is 5.15 Å². The fourth-order valence-corrected chi connectivity index (χ4v) is 4.76. The molecule has 1 aromatic carbocycles. The van der Waals surface area contributed by atoms with Crippen LogP contribution in [0.4, 0.5) is 0 Å². The van der Waals surface area contributed by atoms with Crippen molar-refractivity contribution in [2.45, 2.75) is 38.3 Å². The molecule has 2 N–H and O–H groups in total. The quantitative estimate of drug-likeness (QED) is 0.507. The Hall–Kier alpha value is -2.96. The molecule has 1 aliphatic carbocycles. The average molecular weight is 466 g/mol. The van der Waals surface area contributed by atoms with Gasteiger partial charge in [0.05, 0.1) is 6.10 Å². The lowest BCUT2D eigenvalue weighted by atomic mass is 9.92. The molecule has 1 fully saturated rings. The van der Waals surface area contributed by atoms with Crippen LogP contribution in [0.15, 0.2) is 65.7 Å². The molecule has 2 aromatic heterocycles. The number of nitrogens with one attached hydrogen (secondary N) is 1. The number of H-pyrrole nitrogens is 1. The van der Waals surface area contributed by atoms with Crippen LogP contribution in [0.25, 0.3) is 0 Å². The molecule has 3 aromatic rings. The molecule has 3 atom stereocenters. The number of rotatable bonds is 7. The van der Waals surface area contributed by atoms with E-state index in [-0.39, 0.29) is 17.4 Å². The summed E-state index contributed by atoms with van der Waals surface area (Å²) in [5.74, 6) is 0.670. The minimum atomic E-state index is -0.516. The zero-order chi connectivity index (χ0) is 23.4. The summed E-state index contributed by atoms with van der Waals surface area (Å²) in [6, 6.07) is 14.5. The van der Waals surface area contributed by atoms with Crippen molar-refractivity contribution in [1.29, 1.82) is 0 Å². The first-order chi connectivity index (χ1) is 15.9. The van der Waals surface area contributed by atoms with E-state index in [1.807, 2.05) is 30.3 Å². The monoisotopic (exact) mass is 465 g/mol. The molecule has 1 amide bonds. The topological polar surface area (TPSA) is 86.3 Å². The lowest BCUT2D eigenvalue weighted by molar-refractivity contribution is 0.0785. The van der Waals surface area contributed by atoms with Crippen molar-refractivity contribution in [3.05, 3.63) is 98.7 Å². The predicted octanol–water partition coefficient (Wildman–Crippen LogP) is 4.39. The van der Waals surface area contributed by atoms with Crippen LogP contribution in [0.5, 0.6) is 0 Å². The van der Waals surface area contributed by atoms with Crippen LogP contribution in [-0.4, -0.2) is 32.9 Å². The van der Waals surface area contributed by atoms with Gasteiger partial charge in [-0.3, -0.25) is 9.59 Å². The van der Waals surface area contributed by atoms with Gasteiger partial charge in [-0.1, -0.05) is 35.9 Å². The fourth-order valence-electron chi connectivity index (χ4n) is 4.64. The number of aromatic nitrogens is 2. The normalized spacial score (nSPS) is 18.8. The number of carbonyl (C=O) groups is 1. The van der Waals surface area contributed by atoms with E-state index in [0.717, 1.165) is 36.8 Å². The van der Waals surface area contributed by atoms with Crippen molar-refractivity contribution in [1.82, 2.24) is 14.9 Å². The maximum atomic E-state index is 12.8. The van der Waals surface area contributed by atoms with Crippen LogP contribution in [0.1, 0.15) is 52.4 Å². The van der Waals surface area contributed by atoms with E-state index >= 15 is 0 Å². The summed E-state index contributed by atoms with van der Waals surface area (Å²) < 4.78 is 0. The SMILES string of the molecule is CN(Cc1ccc(=O)[nH]c1)C(=O)c1ccc(C[C@@H]2CC[C@H]([C@H](O)c3ccc(Cl)nc3)C2)cc1. The standard InChI is InChI=1S/C26H28ClN3O3/c1-30(16-19-5-11-24(31)29-14-19)26(33)20-6-2-17(3-7-20)12-18-4-8-21(13-18)25(32)22-9-10-23(27)28-15-22/h2-3,5-7,9-11,14-15,18,21,25,32H,4,8,12-13,16H2,1H3,(H,29,31)/t18-,21-,25-/m0/s1. The highest BCUT2D eigenvalue weighted by Gasteiger charge is 2.31. The van der Waals surface area contributed by atoms with Crippen molar-refractivity contribution in [3.63, 3.8) is 0 Å². The molecule has 0 saturated heterocycles. The Balaban J connectivity index is 1.31. The summed E-state index contributed by atoms with van der Waals surface area (Å²) >= 11 is 5.85. The van der Waals surface area contributed by atoms with E-state index in [1.54, 1.807) is 36.5 Å². The summed E-state index contributed by atoms with van der Waals surface area (Å²) in [4.78, 5) is 32.3. The summed E-state index contributed by atoms with van der Waals surface area (Å²) in [5, 5.41) is 11.2. The Morgan fingerprint density at radius 3 is 2.58 bits per heavy atom. The average Bonchev–Trinajstić information content (AvgIpc) is 3.29. The van der Waals surface area contributed by atoms with Crippen molar-refractivity contribution >= 4 is 17.5 Å². The highest BCUT2D eigenvalue weighted by Crippen LogP contribution is 2.40. The van der Waals surface area contributed by atoms with Gasteiger partial charge in [-0.15, -0.1) is 0 Å². The molecule has 0 bridgehead atoms. The van der Waals surface area contributed by atoms with Crippen molar-refractivity contribution in [2.75, 3.05) is 7.05 Å². The summed E-state index contributed by atoms with van der Waals surface area (Å²) in [5.41, 5.74) is 3.37. The van der Waals surface area contributed by atoms with E-state index in [1.165, 1.54) is 11.6 Å². The van der Waals surface area contributed by atoms with Crippen LogP contribution in [0.3, 0.4) is 0 Å². The number of hydrogen-bond acceptors (Lipinski definition) is 4. The number of benzene rings is 1. The Bertz CT molecular complexity index is 1120. The first-order valence-corrected chi connectivity index (χ1v) is 11.6. The molecule has 1 aliphatic rings. The third-order valence-electron chi connectivity index (χ3n) is 6.46. The van der Waals surface area contributed by atoms with Crippen LogP contribution < -0.4 is 5.56 Å². The van der Waals surface area contributed by atoms with Crippen LogP contribution in [-0.2, 0) is 13.0 Å². The van der Waals surface area contributed by atoms with Gasteiger partial charge in [0.15, 0.2) is 0 Å². The number of aliphatic hydroxyl groups excluding tert-OH is 1. The molecule has 2 heterocycles. The van der Waals surface area contributed by atoms with Gasteiger partial charge >= 0.3 is 0 Å². The molecule has 172 valence electrons. The van der Waals surface area contributed by atoms with E-state index in [2.05, 4.69) is 9.97 Å². The number of amides is 1. The smallest absolute Gasteiger partial charge is 0.253 e. The van der Waals surface area contributed by atoms with Crippen LogP contribution >= 0.6 is 11.6 Å². The number of pyridine rings is 2. The maximum Gasteiger partial charge on any atom is 0.253 e. The molecule has 0 unspecified atom stereocenters. The van der Waals surface area contributed by atoms with Gasteiger partial charge in [-0.25, -0.2) is 4.98 Å². The van der Waals surface area contributed by atoms with E-state index in [4.69, 9.17) is 11.6 Å². The van der Waals surface area contributed by atoms with E-state index in [0.29, 0.717) is 23.2 Å². The van der Waals surface area contributed by atoms with Gasteiger partial charge in [0, 0.05) is 37.6 Å². The summed E-state index contributed by atoms with van der Waals surface area (Å²) in [6.07, 6.45) is 6.73. The van der Waals surface area contributed by atoms with Crippen LogP contribution in [0, 0.1) is 11.8 Å². The second-order valence-electron chi connectivity index (χ2n) is 8.92. The van der Waals surface area contributed by atoms with Gasteiger partial charge in [0.25, 0.3) is 5.91 Å². The molecule has 0 radical (unpaired) electrons. The maximum absolute atomic E-state index is 12.8. The number of aliphatic hydroxyl groups is 1. The molecule has 1 saturated carbocycles. The molecular formula is C26H28ClN3O3. The Morgan fingerprint density at radius 1 is 1.15 bits per heavy atom. The molecule has 7 heteroatoms. The lowest BCUT2D eigenvalue weighted by Crippen LogP contribution is -2.26. The zero-order valence-corrected chi connectivity index (χ0v) is 19.3. The second kappa shape index (κ2) is 10.3. The minimum Gasteiger partial charge on any atom is -0.388 e. The molecule has 33 heavy (non-hydrogen) atoms. The highest BCUT2D eigenvalue weighted by molar-refractivity contribution is 6.29. The van der Waals surface area contributed by atoms with E-state index in [9.17, 15) is 14.7 Å². The zero-order valence-electron chi connectivity index (χ0n) is 18.6. The number of hydrogen-bond donors (Lipinski definition) is 2.